The van der Waals surface area contributed by atoms with Gasteiger partial charge in [-0.2, -0.15) is 0 Å². The molecule has 1 nitrogen and oxygen atoms in total. The molecule has 0 saturated heterocycles. The van der Waals surface area contributed by atoms with E-state index < -0.39 is 0 Å². The molecule has 26 heavy (non-hydrogen) atoms. The van der Waals surface area contributed by atoms with Crippen LogP contribution >= 0.6 is 15.9 Å². The van der Waals surface area contributed by atoms with Crippen LogP contribution < -0.4 is 0 Å². The SMILES string of the molecule is O=C1CC(C2CCC(c3ccc(CCc4ccc(Br)cc4)cc3)CC2)C1. The quantitative estimate of drug-likeness (QED) is 0.550. The van der Waals surface area contributed by atoms with E-state index in [4.69, 9.17) is 0 Å². The fourth-order valence-corrected chi connectivity index (χ4v) is 4.94. The zero-order valence-electron chi connectivity index (χ0n) is 15.3. The van der Waals surface area contributed by atoms with Crippen molar-refractivity contribution in [2.24, 2.45) is 11.8 Å². The van der Waals surface area contributed by atoms with E-state index >= 15 is 0 Å². The summed E-state index contributed by atoms with van der Waals surface area (Å²) < 4.78 is 1.14. The number of hydrogen-bond acceptors (Lipinski definition) is 1. The predicted molar refractivity (Wildman–Crippen MR) is 110 cm³/mol. The molecule has 136 valence electrons. The van der Waals surface area contributed by atoms with Crippen LogP contribution in [0.2, 0.25) is 0 Å². The molecule has 4 rings (SSSR count). The second-order valence-electron chi connectivity index (χ2n) is 8.19. The first-order chi connectivity index (χ1) is 12.7. The third-order valence-electron chi connectivity index (χ3n) is 6.48. The van der Waals surface area contributed by atoms with Gasteiger partial charge in [-0.1, -0.05) is 52.3 Å². The van der Waals surface area contributed by atoms with Crippen LogP contribution in [0.15, 0.2) is 53.0 Å². The summed E-state index contributed by atoms with van der Waals surface area (Å²) >= 11 is 3.49. The molecule has 0 bridgehead atoms. The summed E-state index contributed by atoms with van der Waals surface area (Å²) in [5.41, 5.74) is 4.34. The maximum Gasteiger partial charge on any atom is 0.133 e. The summed E-state index contributed by atoms with van der Waals surface area (Å²) in [6.07, 6.45) is 9.15. The number of ketones is 1. The largest absolute Gasteiger partial charge is 0.300 e. The van der Waals surface area contributed by atoms with Crippen molar-refractivity contribution >= 4 is 21.7 Å². The van der Waals surface area contributed by atoms with Crippen LogP contribution in [-0.4, -0.2) is 5.78 Å². The van der Waals surface area contributed by atoms with Gasteiger partial charge in [0.05, 0.1) is 0 Å². The van der Waals surface area contributed by atoms with Crippen molar-refractivity contribution in [1.82, 2.24) is 0 Å². The van der Waals surface area contributed by atoms with E-state index in [2.05, 4.69) is 64.5 Å². The Morgan fingerprint density at radius 2 is 1.27 bits per heavy atom. The van der Waals surface area contributed by atoms with E-state index in [1.54, 1.807) is 0 Å². The topological polar surface area (TPSA) is 17.1 Å². The Balaban J connectivity index is 1.27. The summed E-state index contributed by atoms with van der Waals surface area (Å²) in [7, 11) is 0. The third-order valence-corrected chi connectivity index (χ3v) is 7.01. The molecule has 2 aliphatic rings. The second kappa shape index (κ2) is 8.08. The fraction of sp³-hybridized carbons (Fsp3) is 0.458. The van der Waals surface area contributed by atoms with Gasteiger partial charge in [0.1, 0.15) is 5.78 Å². The van der Waals surface area contributed by atoms with Gasteiger partial charge in [0, 0.05) is 17.3 Å². The van der Waals surface area contributed by atoms with Crippen molar-refractivity contribution in [1.29, 1.82) is 0 Å². The summed E-state index contributed by atoms with van der Waals surface area (Å²) in [5, 5.41) is 0. The van der Waals surface area contributed by atoms with Crippen LogP contribution in [-0.2, 0) is 17.6 Å². The Bertz CT molecular complexity index is 731. The number of rotatable bonds is 5. The van der Waals surface area contributed by atoms with Gasteiger partial charge in [-0.25, -0.2) is 0 Å². The number of Topliss-reactive ketones (excluding diaryl/α,β-unsaturated/α-hetero) is 1. The predicted octanol–water partition coefficient (Wildman–Crippen LogP) is 6.49. The smallest absolute Gasteiger partial charge is 0.133 e. The Labute approximate surface area is 165 Å². The van der Waals surface area contributed by atoms with E-state index in [0.29, 0.717) is 11.7 Å². The van der Waals surface area contributed by atoms with E-state index in [9.17, 15) is 4.79 Å². The lowest BCUT2D eigenvalue weighted by Gasteiger charge is -2.37. The highest BCUT2D eigenvalue weighted by molar-refractivity contribution is 9.10. The van der Waals surface area contributed by atoms with Gasteiger partial charge in [-0.3, -0.25) is 4.79 Å². The summed E-state index contributed by atoms with van der Waals surface area (Å²) in [6.45, 7) is 0. The van der Waals surface area contributed by atoms with E-state index in [0.717, 1.165) is 42.0 Å². The summed E-state index contributed by atoms with van der Waals surface area (Å²) in [5.74, 6) is 2.73. The van der Waals surface area contributed by atoms with Crippen molar-refractivity contribution < 1.29 is 4.79 Å². The van der Waals surface area contributed by atoms with Crippen LogP contribution in [0.5, 0.6) is 0 Å². The minimum atomic E-state index is 0.482. The molecule has 0 N–H and O–H groups in total. The first kappa shape index (κ1) is 18.0. The summed E-state index contributed by atoms with van der Waals surface area (Å²) in [4.78, 5) is 11.2. The standard InChI is InChI=1S/C24H27BrO/c25-23-13-5-18(6-14-23)2-1-17-3-7-19(8-4-17)20-9-11-21(12-10-20)22-15-24(26)16-22/h3-8,13-14,20-22H,1-2,9-12,15-16H2. The molecule has 2 aromatic rings. The van der Waals surface area contributed by atoms with E-state index in [1.165, 1.54) is 42.4 Å². The Morgan fingerprint density at radius 3 is 1.81 bits per heavy atom. The fourth-order valence-electron chi connectivity index (χ4n) is 4.68. The molecule has 2 fully saturated rings. The lowest BCUT2D eigenvalue weighted by molar-refractivity contribution is -0.128. The lowest BCUT2D eigenvalue weighted by Crippen LogP contribution is -2.32. The lowest BCUT2D eigenvalue weighted by atomic mass is 9.67. The second-order valence-corrected chi connectivity index (χ2v) is 9.10. The maximum atomic E-state index is 11.2. The zero-order chi connectivity index (χ0) is 17.9. The molecule has 0 aromatic heterocycles. The van der Waals surface area contributed by atoms with E-state index in [1.807, 2.05) is 0 Å². The van der Waals surface area contributed by atoms with Gasteiger partial charge in [-0.05, 0) is 85.1 Å². The molecule has 0 heterocycles. The van der Waals surface area contributed by atoms with Crippen LogP contribution in [0, 0.1) is 11.8 Å². The Kier molecular flexibility index (Phi) is 5.59. The number of benzene rings is 2. The van der Waals surface area contributed by atoms with Crippen molar-refractivity contribution in [3.05, 3.63) is 69.7 Å². The first-order valence-electron chi connectivity index (χ1n) is 10.0. The molecule has 2 aromatic carbocycles. The Morgan fingerprint density at radius 1 is 0.731 bits per heavy atom. The van der Waals surface area contributed by atoms with Crippen LogP contribution in [0.4, 0.5) is 0 Å². The minimum absolute atomic E-state index is 0.482. The number of aryl methyl sites for hydroxylation is 2. The average molecular weight is 411 g/mol. The van der Waals surface area contributed by atoms with Gasteiger partial charge in [0.25, 0.3) is 0 Å². The van der Waals surface area contributed by atoms with Crippen molar-refractivity contribution in [3.8, 4) is 0 Å². The summed E-state index contributed by atoms with van der Waals surface area (Å²) in [6, 6.07) is 18.0. The average Bonchev–Trinajstić information content (AvgIpc) is 2.66. The maximum absolute atomic E-state index is 11.2. The highest BCUT2D eigenvalue weighted by Crippen LogP contribution is 2.43. The normalized spacial score (nSPS) is 23.7. The molecule has 2 heteroatoms. The molecule has 2 saturated carbocycles. The van der Waals surface area contributed by atoms with Crippen molar-refractivity contribution in [2.75, 3.05) is 0 Å². The van der Waals surface area contributed by atoms with Gasteiger partial charge in [-0.15, -0.1) is 0 Å². The number of carbonyl (C=O) groups excluding carboxylic acids is 1. The minimum Gasteiger partial charge on any atom is -0.300 e. The molecular weight excluding hydrogens is 384 g/mol. The van der Waals surface area contributed by atoms with E-state index in [-0.39, 0.29) is 0 Å². The molecule has 0 aliphatic heterocycles. The Hall–Kier alpha value is -1.41. The molecule has 0 atom stereocenters. The highest BCUT2D eigenvalue weighted by Gasteiger charge is 2.35. The van der Waals surface area contributed by atoms with Crippen molar-refractivity contribution in [3.63, 3.8) is 0 Å². The van der Waals surface area contributed by atoms with Crippen LogP contribution in [0.3, 0.4) is 0 Å². The zero-order valence-corrected chi connectivity index (χ0v) is 16.9. The molecule has 0 spiro atoms. The molecular formula is C24H27BrO. The number of hydrogen-bond donors (Lipinski definition) is 0. The number of halogens is 1. The third kappa shape index (κ3) is 4.28. The van der Waals surface area contributed by atoms with Crippen molar-refractivity contribution in [2.45, 2.75) is 57.3 Å². The number of carbonyl (C=O) groups is 1. The van der Waals surface area contributed by atoms with Gasteiger partial charge < -0.3 is 0 Å². The van der Waals surface area contributed by atoms with Gasteiger partial charge in [0.15, 0.2) is 0 Å². The van der Waals surface area contributed by atoms with Crippen LogP contribution in [0.1, 0.15) is 61.1 Å². The molecule has 0 amide bonds. The van der Waals surface area contributed by atoms with Gasteiger partial charge >= 0.3 is 0 Å². The van der Waals surface area contributed by atoms with Gasteiger partial charge in [0.2, 0.25) is 0 Å². The first-order valence-corrected chi connectivity index (χ1v) is 10.8. The monoisotopic (exact) mass is 410 g/mol. The molecule has 0 radical (unpaired) electrons. The van der Waals surface area contributed by atoms with Crippen LogP contribution in [0.25, 0.3) is 0 Å². The molecule has 0 unspecified atom stereocenters. The molecule has 2 aliphatic carbocycles. The highest BCUT2D eigenvalue weighted by atomic mass is 79.9.